The van der Waals surface area contributed by atoms with Gasteiger partial charge in [0.1, 0.15) is 0 Å². The molecule has 2 rings (SSSR count). The molecular formula is C18H23NO3S. The van der Waals surface area contributed by atoms with Gasteiger partial charge in [0, 0.05) is 18.0 Å². The molecule has 0 unspecified atom stereocenters. The van der Waals surface area contributed by atoms with E-state index in [1.807, 2.05) is 12.1 Å². The molecule has 0 aliphatic rings. The van der Waals surface area contributed by atoms with Crippen molar-refractivity contribution < 1.29 is 14.2 Å². The average Bonchev–Trinajstić information content (AvgIpc) is 2.61. The summed E-state index contributed by atoms with van der Waals surface area (Å²) in [6, 6.07) is 12.5. The van der Waals surface area contributed by atoms with Crippen molar-refractivity contribution in [1.29, 1.82) is 0 Å². The molecule has 5 heteroatoms. The number of ether oxygens (including phenoxy) is 3. The molecule has 4 nitrogen and oxygen atoms in total. The summed E-state index contributed by atoms with van der Waals surface area (Å²) < 4.78 is 16.1. The summed E-state index contributed by atoms with van der Waals surface area (Å²) in [7, 11) is 4.86. The monoisotopic (exact) mass is 333 g/mol. The molecule has 2 aromatic carbocycles. The molecular weight excluding hydrogens is 310 g/mol. The lowest BCUT2D eigenvalue weighted by molar-refractivity contribution is 0.323. The van der Waals surface area contributed by atoms with E-state index in [1.54, 1.807) is 33.1 Å². The van der Waals surface area contributed by atoms with Gasteiger partial charge in [-0.15, -0.1) is 11.8 Å². The zero-order valence-electron chi connectivity index (χ0n) is 14.0. The van der Waals surface area contributed by atoms with Gasteiger partial charge in [-0.05, 0) is 41.6 Å². The zero-order valence-corrected chi connectivity index (χ0v) is 14.8. The van der Waals surface area contributed by atoms with Crippen LogP contribution in [0.2, 0.25) is 0 Å². The summed E-state index contributed by atoms with van der Waals surface area (Å²) in [5.74, 6) is 1.97. The maximum absolute atomic E-state index is 5.37. The number of hydrogen-bond acceptors (Lipinski definition) is 5. The number of benzene rings is 2. The van der Waals surface area contributed by atoms with Crippen molar-refractivity contribution in [3.63, 3.8) is 0 Å². The lowest BCUT2D eigenvalue weighted by atomic mass is 10.1. The Morgan fingerprint density at radius 3 is 1.87 bits per heavy atom. The maximum atomic E-state index is 5.37. The molecule has 0 saturated carbocycles. The Morgan fingerprint density at radius 2 is 1.39 bits per heavy atom. The van der Waals surface area contributed by atoms with Crippen molar-refractivity contribution in [2.45, 2.75) is 18.0 Å². The van der Waals surface area contributed by atoms with E-state index in [1.165, 1.54) is 10.5 Å². The molecule has 124 valence electrons. The third kappa shape index (κ3) is 4.56. The van der Waals surface area contributed by atoms with Crippen molar-refractivity contribution in [2.75, 3.05) is 27.6 Å². The largest absolute Gasteiger partial charge is 0.493 e. The number of thioether (sulfide) groups is 1. The summed E-state index contributed by atoms with van der Waals surface area (Å²) in [6.45, 7) is 1.53. The van der Waals surface area contributed by atoms with E-state index in [9.17, 15) is 0 Å². The first-order valence-electron chi connectivity index (χ1n) is 7.34. The van der Waals surface area contributed by atoms with Crippen LogP contribution in [0.3, 0.4) is 0 Å². The average molecular weight is 333 g/mol. The Morgan fingerprint density at radius 1 is 0.826 bits per heavy atom. The van der Waals surface area contributed by atoms with E-state index in [-0.39, 0.29) is 0 Å². The van der Waals surface area contributed by atoms with Crippen molar-refractivity contribution in [2.24, 2.45) is 0 Å². The Kier molecular flexibility index (Phi) is 6.62. The Balaban J connectivity index is 2.02. The van der Waals surface area contributed by atoms with Crippen LogP contribution in [-0.2, 0) is 13.1 Å². The highest BCUT2D eigenvalue weighted by Gasteiger charge is 2.12. The van der Waals surface area contributed by atoms with Crippen molar-refractivity contribution in [3.8, 4) is 17.2 Å². The molecule has 23 heavy (non-hydrogen) atoms. The van der Waals surface area contributed by atoms with E-state index in [4.69, 9.17) is 14.2 Å². The highest BCUT2D eigenvalue weighted by Crippen LogP contribution is 2.38. The van der Waals surface area contributed by atoms with Gasteiger partial charge >= 0.3 is 0 Å². The van der Waals surface area contributed by atoms with Gasteiger partial charge in [-0.1, -0.05) is 12.1 Å². The molecule has 0 spiro atoms. The molecule has 0 aromatic heterocycles. The van der Waals surface area contributed by atoms with Crippen LogP contribution < -0.4 is 19.5 Å². The van der Waals surface area contributed by atoms with Crippen LogP contribution in [0, 0.1) is 0 Å². The minimum Gasteiger partial charge on any atom is -0.493 e. The molecule has 0 saturated heterocycles. The molecule has 0 amide bonds. The quantitative estimate of drug-likeness (QED) is 0.746. The summed E-state index contributed by atoms with van der Waals surface area (Å²) in [4.78, 5) is 1.28. The molecule has 0 heterocycles. The number of hydrogen-bond donors (Lipinski definition) is 1. The van der Waals surface area contributed by atoms with E-state index < -0.39 is 0 Å². The third-order valence-corrected chi connectivity index (χ3v) is 4.29. The standard InChI is InChI=1S/C18H23NO3S/c1-20-16-9-14(10-17(21-2)18(16)22-3)12-19-11-13-5-7-15(23-4)8-6-13/h5-10,19H,11-12H2,1-4H3. The molecule has 0 fully saturated rings. The fourth-order valence-corrected chi connectivity index (χ4v) is 2.74. The second-order valence-corrected chi connectivity index (χ2v) is 5.86. The second-order valence-electron chi connectivity index (χ2n) is 4.99. The van der Waals surface area contributed by atoms with Crippen molar-refractivity contribution in [3.05, 3.63) is 47.5 Å². The van der Waals surface area contributed by atoms with Gasteiger partial charge in [-0.25, -0.2) is 0 Å². The Hall–Kier alpha value is -1.85. The van der Waals surface area contributed by atoms with Gasteiger partial charge in [0.15, 0.2) is 11.5 Å². The molecule has 0 aliphatic heterocycles. The maximum Gasteiger partial charge on any atom is 0.203 e. The van der Waals surface area contributed by atoms with Gasteiger partial charge in [0.2, 0.25) is 5.75 Å². The minimum atomic E-state index is 0.617. The van der Waals surface area contributed by atoms with E-state index in [0.29, 0.717) is 17.2 Å². The van der Waals surface area contributed by atoms with Crippen molar-refractivity contribution >= 4 is 11.8 Å². The molecule has 2 aromatic rings. The van der Waals surface area contributed by atoms with Crippen LogP contribution >= 0.6 is 11.8 Å². The van der Waals surface area contributed by atoms with Crippen LogP contribution in [0.25, 0.3) is 0 Å². The molecule has 1 N–H and O–H groups in total. The fourth-order valence-electron chi connectivity index (χ4n) is 2.33. The summed E-state index contributed by atoms with van der Waals surface area (Å²) in [5.41, 5.74) is 2.34. The number of rotatable bonds is 8. The van der Waals surface area contributed by atoms with E-state index in [0.717, 1.165) is 18.7 Å². The summed E-state index contributed by atoms with van der Waals surface area (Å²) >= 11 is 1.75. The second kappa shape index (κ2) is 8.70. The van der Waals surface area contributed by atoms with Gasteiger partial charge in [0.25, 0.3) is 0 Å². The van der Waals surface area contributed by atoms with Gasteiger partial charge in [-0.2, -0.15) is 0 Å². The summed E-state index contributed by atoms with van der Waals surface area (Å²) in [6.07, 6.45) is 2.08. The van der Waals surface area contributed by atoms with Crippen LogP contribution in [0.1, 0.15) is 11.1 Å². The van der Waals surface area contributed by atoms with Crippen LogP contribution in [0.5, 0.6) is 17.2 Å². The number of nitrogens with one attached hydrogen (secondary N) is 1. The predicted octanol–water partition coefficient (Wildman–Crippen LogP) is 3.72. The van der Waals surface area contributed by atoms with E-state index >= 15 is 0 Å². The van der Waals surface area contributed by atoms with Gasteiger partial charge < -0.3 is 19.5 Å². The summed E-state index contributed by atoms with van der Waals surface area (Å²) in [5, 5.41) is 3.44. The first kappa shape index (κ1) is 17.5. The lowest BCUT2D eigenvalue weighted by Crippen LogP contribution is -2.13. The van der Waals surface area contributed by atoms with Crippen LogP contribution in [-0.4, -0.2) is 27.6 Å². The molecule has 0 aliphatic carbocycles. The highest BCUT2D eigenvalue weighted by atomic mass is 32.2. The predicted molar refractivity (Wildman–Crippen MR) is 94.9 cm³/mol. The normalized spacial score (nSPS) is 10.4. The SMILES string of the molecule is COc1cc(CNCc2ccc(SC)cc2)cc(OC)c1OC. The molecule has 0 bridgehead atoms. The zero-order chi connectivity index (χ0) is 16.7. The van der Waals surface area contributed by atoms with Crippen molar-refractivity contribution in [1.82, 2.24) is 5.32 Å². The third-order valence-electron chi connectivity index (χ3n) is 3.54. The molecule has 0 radical (unpaired) electrons. The van der Waals surface area contributed by atoms with Crippen LogP contribution in [0.4, 0.5) is 0 Å². The fraction of sp³-hybridized carbons (Fsp3) is 0.333. The van der Waals surface area contributed by atoms with Gasteiger partial charge in [-0.3, -0.25) is 0 Å². The Bertz CT molecular complexity index is 604. The first-order valence-corrected chi connectivity index (χ1v) is 8.56. The molecule has 0 atom stereocenters. The number of methoxy groups -OCH3 is 3. The van der Waals surface area contributed by atoms with Gasteiger partial charge in [0.05, 0.1) is 21.3 Å². The topological polar surface area (TPSA) is 39.7 Å². The lowest BCUT2D eigenvalue weighted by Gasteiger charge is -2.14. The Labute approximate surface area is 142 Å². The smallest absolute Gasteiger partial charge is 0.203 e. The first-order chi connectivity index (χ1) is 11.2. The minimum absolute atomic E-state index is 0.617. The van der Waals surface area contributed by atoms with E-state index in [2.05, 4.69) is 35.8 Å². The highest BCUT2D eigenvalue weighted by molar-refractivity contribution is 7.98. The van der Waals surface area contributed by atoms with Crippen LogP contribution in [0.15, 0.2) is 41.3 Å².